The van der Waals surface area contributed by atoms with Crippen LogP contribution < -0.4 is 15.4 Å². The molecule has 0 aromatic heterocycles. The van der Waals surface area contributed by atoms with Crippen LogP contribution in [0.15, 0.2) is 23.4 Å². The molecule has 0 bridgehead atoms. The van der Waals surface area contributed by atoms with Crippen molar-refractivity contribution in [1.82, 2.24) is 10.6 Å². The zero-order valence-corrected chi connectivity index (χ0v) is 14.5. The average Bonchev–Trinajstić information content (AvgIpc) is 2.49. The van der Waals surface area contributed by atoms with Crippen molar-refractivity contribution in [3.63, 3.8) is 0 Å². The number of methoxy groups -OCH3 is 1. The lowest BCUT2D eigenvalue weighted by Crippen LogP contribution is -2.45. The van der Waals surface area contributed by atoms with Crippen LogP contribution >= 0.6 is 12.2 Å². The Bertz CT molecular complexity index is 696. The molecule has 2 rings (SSSR count). The fraction of sp³-hybridized carbons (Fsp3) is 0.375. The number of nitrogens with one attached hydrogen (secondary N) is 2. The Kier molecular flexibility index (Phi) is 5.38. The number of aryl methyl sites for hydroxylation is 2. The van der Waals surface area contributed by atoms with Gasteiger partial charge in [0, 0.05) is 5.70 Å². The summed E-state index contributed by atoms with van der Waals surface area (Å²) in [5.41, 5.74) is 2.75. The first-order chi connectivity index (χ1) is 11.2. The average molecular weight is 356 g/mol. The summed E-state index contributed by atoms with van der Waals surface area (Å²) in [5, 5.41) is 6.27. The molecule has 0 fully saturated rings. The lowest BCUT2D eigenvalue weighted by Gasteiger charge is -2.30. The molecule has 0 saturated heterocycles. The number of hydrogen-bond acceptors (Lipinski definition) is 4. The van der Waals surface area contributed by atoms with Crippen LogP contribution in [0.1, 0.15) is 29.7 Å². The SMILES string of the molecule is COC(=O)C1=C(C)NC(=S)N[C@@H]1c1cc(C)c(OC(F)F)c(C)c1. The largest absolute Gasteiger partial charge is 0.466 e. The molecule has 0 radical (unpaired) electrons. The topological polar surface area (TPSA) is 59.6 Å². The molecule has 0 spiro atoms. The Labute approximate surface area is 144 Å². The fourth-order valence-corrected chi connectivity index (χ4v) is 3.02. The van der Waals surface area contributed by atoms with Crippen molar-refractivity contribution >= 4 is 23.3 Å². The third-order valence-electron chi connectivity index (χ3n) is 3.70. The third kappa shape index (κ3) is 3.64. The second-order valence-corrected chi connectivity index (χ2v) is 5.83. The van der Waals surface area contributed by atoms with Crippen molar-refractivity contribution in [1.29, 1.82) is 0 Å². The molecule has 24 heavy (non-hydrogen) atoms. The molecular weight excluding hydrogens is 338 g/mol. The van der Waals surface area contributed by atoms with Crippen molar-refractivity contribution in [3.05, 3.63) is 40.1 Å². The highest BCUT2D eigenvalue weighted by atomic mass is 32.1. The lowest BCUT2D eigenvalue weighted by atomic mass is 9.93. The Morgan fingerprint density at radius 2 is 1.83 bits per heavy atom. The Hall–Kier alpha value is -2.22. The maximum absolute atomic E-state index is 12.5. The molecule has 8 heteroatoms. The van der Waals surface area contributed by atoms with Gasteiger partial charge in [0.1, 0.15) is 5.75 Å². The van der Waals surface area contributed by atoms with Crippen molar-refractivity contribution in [2.45, 2.75) is 33.4 Å². The predicted octanol–water partition coefficient (Wildman–Crippen LogP) is 2.87. The molecule has 0 unspecified atom stereocenters. The molecule has 0 amide bonds. The number of rotatable bonds is 4. The van der Waals surface area contributed by atoms with E-state index < -0.39 is 18.6 Å². The number of hydrogen-bond donors (Lipinski definition) is 2. The number of thiocarbonyl (C=S) groups is 1. The van der Waals surface area contributed by atoms with Crippen molar-refractivity contribution in [2.75, 3.05) is 7.11 Å². The summed E-state index contributed by atoms with van der Waals surface area (Å²) >= 11 is 5.15. The first-order valence-corrected chi connectivity index (χ1v) is 7.58. The van der Waals surface area contributed by atoms with E-state index in [0.29, 0.717) is 33.1 Å². The van der Waals surface area contributed by atoms with Crippen LogP contribution in [0.5, 0.6) is 5.75 Å². The van der Waals surface area contributed by atoms with Gasteiger partial charge in [0.05, 0.1) is 18.7 Å². The summed E-state index contributed by atoms with van der Waals surface area (Å²) in [6, 6.07) is 2.84. The monoisotopic (exact) mass is 356 g/mol. The quantitative estimate of drug-likeness (QED) is 0.639. The minimum atomic E-state index is -2.90. The number of carbonyl (C=O) groups is 1. The molecule has 2 N–H and O–H groups in total. The van der Waals surface area contributed by atoms with E-state index in [1.54, 1.807) is 32.9 Å². The molecule has 1 aromatic carbocycles. The minimum Gasteiger partial charge on any atom is -0.466 e. The number of allylic oxidation sites excluding steroid dienone is 1. The van der Waals surface area contributed by atoms with Crippen molar-refractivity contribution in [2.24, 2.45) is 0 Å². The van der Waals surface area contributed by atoms with Crippen LogP contribution in [-0.2, 0) is 9.53 Å². The van der Waals surface area contributed by atoms with Gasteiger partial charge in [-0.15, -0.1) is 0 Å². The number of benzene rings is 1. The second-order valence-electron chi connectivity index (χ2n) is 5.42. The van der Waals surface area contributed by atoms with Gasteiger partial charge in [-0.25, -0.2) is 4.79 Å². The Morgan fingerprint density at radius 1 is 1.25 bits per heavy atom. The van der Waals surface area contributed by atoms with E-state index in [1.165, 1.54) is 7.11 Å². The Balaban J connectivity index is 2.51. The highest BCUT2D eigenvalue weighted by molar-refractivity contribution is 7.80. The number of carbonyl (C=O) groups excluding carboxylic acids is 1. The summed E-state index contributed by atoms with van der Waals surface area (Å²) in [6.45, 7) is 2.16. The minimum absolute atomic E-state index is 0.130. The van der Waals surface area contributed by atoms with E-state index >= 15 is 0 Å². The molecule has 5 nitrogen and oxygen atoms in total. The summed E-state index contributed by atoms with van der Waals surface area (Å²) in [5.74, 6) is -0.367. The first-order valence-electron chi connectivity index (χ1n) is 7.17. The zero-order chi connectivity index (χ0) is 18.0. The summed E-state index contributed by atoms with van der Waals surface area (Å²) < 4.78 is 34.4. The number of esters is 1. The smallest absolute Gasteiger partial charge is 0.387 e. The van der Waals surface area contributed by atoms with E-state index in [0.717, 1.165) is 0 Å². The first kappa shape index (κ1) is 18.1. The predicted molar refractivity (Wildman–Crippen MR) is 88.9 cm³/mol. The summed E-state index contributed by atoms with van der Waals surface area (Å²) in [7, 11) is 1.29. The lowest BCUT2D eigenvalue weighted by molar-refractivity contribution is -0.136. The molecule has 0 saturated carbocycles. The number of ether oxygens (including phenoxy) is 2. The number of halogens is 2. The zero-order valence-electron chi connectivity index (χ0n) is 13.7. The van der Waals surface area contributed by atoms with Crippen LogP contribution in [0.4, 0.5) is 8.78 Å². The molecular formula is C16H18F2N2O3S. The van der Waals surface area contributed by atoms with Crippen LogP contribution in [-0.4, -0.2) is 24.8 Å². The molecule has 0 aliphatic carbocycles. The van der Waals surface area contributed by atoms with E-state index in [-0.39, 0.29) is 5.75 Å². The third-order valence-corrected chi connectivity index (χ3v) is 3.92. The Morgan fingerprint density at radius 3 is 2.33 bits per heavy atom. The van der Waals surface area contributed by atoms with Gasteiger partial charge in [-0.05, 0) is 61.8 Å². The van der Waals surface area contributed by atoms with Gasteiger partial charge >= 0.3 is 12.6 Å². The molecule has 1 aliphatic rings. The summed E-state index contributed by atoms with van der Waals surface area (Å²) in [4.78, 5) is 12.1. The molecule has 130 valence electrons. The van der Waals surface area contributed by atoms with E-state index in [2.05, 4.69) is 15.4 Å². The van der Waals surface area contributed by atoms with E-state index in [4.69, 9.17) is 17.0 Å². The van der Waals surface area contributed by atoms with Crippen LogP contribution in [0.2, 0.25) is 0 Å². The van der Waals surface area contributed by atoms with Gasteiger partial charge in [0.25, 0.3) is 0 Å². The molecule has 1 heterocycles. The highest BCUT2D eigenvalue weighted by Gasteiger charge is 2.31. The van der Waals surface area contributed by atoms with Crippen molar-refractivity contribution in [3.8, 4) is 5.75 Å². The molecule has 1 atom stereocenters. The van der Waals surface area contributed by atoms with E-state index in [1.807, 2.05) is 0 Å². The van der Waals surface area contributed by atoms with Gasteiger partial charge in [-0.2, -0.15) is 8.78 Å². The van der Waals surface area contributed by atoms with E-state index in [9.17, 15) is 13.6 Å². The maximum Gasteiger partial charge on any atom is 0.387 e. The summed E-state index contributed by atoms with van der Waals surface area (Å²) in [6.07, 6.45) is 0. The van der Waals surface area contributed by atoms with Gasteiger partial charge in [0.2, 0.25) is 0 Å². The fourth-order valence-electron chi connectivity index (χ4n) is 2.75. The van der Waals surface area contributed by atoms with Crippen molar-refractivity contribution < 1.29 is 23.0 Å². The standard InChI is InChI=1S/C16H18F2N2O3S/c1-7-5-10(6-8(2)13(7)23-15(17)18)12-11(14(21)22-4)9(3)19-16(24)20-12/h5-6,12,15H,1-4H3,(H2,19,20,24)/t12-/m1/s1. The maximum atomic E-state index is 12.5. The number of alkyl halides is 2. The highest BCUT2D eigenvalue weighted by Crippen LogP contribution is 2.33. The normalized spacial score (nSPS) is 17.5. The molecule has 1 aromatic rings. The molecule has 1 aliphatic heterocycles. The van der Waals surface area contributed by atoms with Crippen LogP contribution in [0.25, 0.3) is 0 Å². The second kappa shape index (κ2) is 7.12. The van der Waals surface area contributed by atoms with Crippen LogP contribution in [0.3, 0.4) is 0 Å². The van der Waals surface area contributed by atoms with Gasteiger partial charge in [0.15, 0.2) is 5.11 Å². The van der Waals surface area contributed by atoms with Gasteiger partial charge < -0.3 is 20.1 Å². The van der Waals surface area contributed by atoms with Gasteiger partial charge in [-0.1, -0.05) is 0 Å². The van der Waals surface area contributed by atoms with Crippen LogP contribution in [0, 0.1) is 13.8 Å². The van der Waals surface area contributed by atoms with Gasteiger partial charge in [-0.3, -0.25) is 0 Å².